The number of fused-ring (bicyclic) bond motifs is 2. The van der Waals surface area contributed by atoms with E-state index in [2.05, 4.69) is 15.3 Å². The SMILES string of the molecule is Fc1cccc(NC2CO[C@H]3CN(c4ncnc5cccc(F)c45)C[C@@H]3OC2)c1. The average Bonchev–Trinajstić information content (AvgIpc) is 3.04. The third-order valence-electron chi connectivity index (χ3n) is 5.33. The highest BCUT2D eigenvalue weighted by Crippen LogP contribution is 2.30. The van der Waals surface area contributed by atoms with Gasteiger partial charge in [-0.15, -0.1) is 0 Å². The van der Waals surface area contributed by atoms with E-state index in [1.807, 2.05) is 11.0 Å². The summed E-state index contributed by atoms with van der Waals surface area (Å²) in [6.45, 7) is 1.98. The fraction of sp³-hybridized carbons (Fsp3) is 0.333. The molecule has 2 aliphatic heterocycles. The molecule has 0 spiro atoms. The molecule has 0 unspecified atom stereocenters. The van der Waals surface area contributed by atoms with E-state index in [9.17, 15) is 8.78 Å². The predicted molar refractivity (Wildman–Crippen MR) is 105 cm³/mol. The number of hydrogen-bond donors (Lipinski definition) is 1. The highest BCUT2D eigenvalue weighted by molar-refractivity contribution is 5.90. The van der Waals surface area contributed by atoms with Crippen molar-refractivity contribution in [3.63, 3.8) is 0 Å². The van der Waals surface area contributed by atoms with Gasteiger partial charge in [0.15, 0.2) is 0 Å². The van der Waals surface area contributed by atoms with Gasteiger partial charge < -0.3 is 19.7 Å². The summed E-state index contributed by atoms with van der Waals surface area (Å²) in [6.07, 6.45) is 1.16. The molecule has 5 rings (SSSR count). The minimum Gasteiger partial charge on any atom is -0.378 e. The molecule has 2 aromatic carbocycles. The van der Waals surface area contributed by atoms with Crippen LogP contribution in [0.15, 0.2) is 48.8 Å². The largest absolute Gasteiger partial charge is 0.378 e. The molecular weight excluding hydrogens is 378 g/mol. The number of halogens is 2. The van der Waals surface area contributed by atoms with E-state index in [1.54, 1.807) is 18.2 Å². The van der Waals surface area contributed by atoms with Crippen LogP contribution in [0.2, 0.25) is 0 Å². The van der Waals surface area contributed by atoms with Crippen molar-refractivity contribution in [2.24, 2.45) is 0 Å². The van der Waals surface area contributed by atoms with Gasteiger partial charge in [-0.05, 0) is 30.3 Å². The molecule has 0 bridgehead atoms. The van der Waals surface area contributed by atoms with Gasteiger partial charge in [0.2, 0.25) is 0 Å². The number of benzene rings is 2. The molecule has 2 aliphatic rings. The maximum Gasteiger partial charge on any atom is 0.143 e. The fourth-order valence-corrected chi connectivity index (χ4v) is 3.95. The van der Waals surface area contributed by atoms with E-state index in [1.165, 1.54) is 24.5 Å². The zero-order chi connectivity index (χ0) is 19.8. The van der Waals surface area contributed by atoms with Crippen molar-refractivity contribution in [2.75, 3.05) is 36.5 Å². The van der Waals surface area contributed by atoms with E-state index < -0.39 is 0 Å². The van der Waals surface area contributed by atoms with Gasteiger partial charge in [0.25, 0.3) is 0 Å². The molecule has 1 N–H and O–H groups in total. The fourth-order valence-electron chi connectivity index (χ4n) is 3.95. The number of aromatic nitrogens is 2. The van der Waals surface area contributed by atoms with Crippen molar-refractivity contribution < 1.29 is 18.3 Å². The van der Waals surface area contributed by atoms with E-state index in [0.717, 1.165) is 0 Å². The first-order valence-corrected chi connectivity index (χ1v) is 9.57. The van der Waals surface area contributed by atoms with Gasteiger partial charge in [-0.2, -0.15) is 0 Å². The lowest BCUT2D eigenvalue weighted by molar-refractivity contribution is -0.00461. The van der Waals surface area contributed by atoms with Crippen LogP contribution in [0, 0.1) is 11.6 Å². The van der Waals surface area contributed by atoms with Crippen molar-refractivity contribution in [3.8, 4) is 0 Å². The Bertz CT molecular complexity index is 1010. The molecule has 2 atom stereocenters. The highest BCUT2D eigenvalue weighted by Gasteiger charge is 2.38. The predicted octanol–water partition coefficient (Wildman–Crippen LogP) is 2.99. The third kappa shape index (κ3) is 3.61. The minimum atomic E-state index is -0.341. The summed E-state index contributed by atoms with van der Waals surface area (Å²) >= 11 is 0. The van der Waals surface area contributed by atoms with Crippen LogP contribution in [0.5, 0.6) is 0 Å². The molecule has 0 aliphatic carbocycles. The van der Waals surface area contributed by atoms with Gasteiger partial charge in [-0.3, -0.25) is 0 Å². The number of nitrogens with one attached hydrogen (secondary N) is 1. The summed E-state index contributed by atoms with van der Waals surface area (Å²) in [6, 6.07) is 11.1. The van der Waals surface area contributed by atoms with Gasteiger partial charge in [0, 0.05) is 18.8 Å². The van der Waals surface area contributed by atoms with Crippen LogP contribution in [0.1, 0.15) is 0 Å². The highest BCUT2D eigenvalue weighted by atomic mass is 19.1. The first kappa shape index (κ1) is 18.2. The van der Waals surface area contributed by atoms with Crippen LogP contribution < -0.4 is 10.2 Å². The van der Waals surface area contributed by atoms with Crippen LogP contribution in [0.3, 0.4) is 0 Å². The van der Waals surface area contributed by atoms with Crippen molar-refractivity contribution >= 4 is 22.4 Å². The molecule has 150 valence electrons. The molecule has 3 aromatic rings. The van der Waals surface area contributed by atoms with Gasteiger partial charge in [-0.1, -0.05) is 12.1 Å². The molecule has 3 heterocycles. The maximum atomic E-state index is 14.4. The van der Waals surface area contributed by atoms with Crippen LogP contribution in [0.4, 0.5) is 20.3 Å². The number of ether oxygens (including phenoxy) is 2. The van der Waals surface area contributed by atoms with Gasteiger partial charge in [0.05, 0.1) is 30.2 Å². The zero-order valence-electron chi connectivity index (χ0n) is 15.6. The molecule has 8 heteroatoms. The Morgan fingerprint density at radius 3 is 2.48 bits per heavy atom. The van der Waals surface area contributed by atoms with Gasteiger partial charge in [0.1, 0.15) is 36.0 Å². The van der Waals surface area contributed by atoms with E-state index in [4.69, 9.17) is 9.47 Å². The summed E-state index contributed by atoms with van der Waals surface area (Å²) in [5.41, 5.74) is 1.27. The van der Waals surface area contributed by atoms with Crippen molar-refractivity contribution in [2.45, 2.75) is 18.2 Å². The van der Waals surface area contributed by atoms with Crippen LogP contribution >= 0.6 is 0 Å². The first-order chi connectivity index (χ1) is 14.2. The Hall–Kier alpha value is -2.84. The quantitative estimate of drug-likeness (QED) is 0.732. The lowest BCUT2D eigenvalue weighted by atomic mass is 10.2. The molecule has 6 nitrogen and oxygen atoms in total. The first-order valence-electron chi connectivity index (χ1n) is 9.57. The van der Waals surface area contributed by atoms with Crippen molar-refractivity contribution in [3.05, 3.63) is 60.4 Å². The molecule has 2 fully saturated rings. The molecule has 0 saturated carbocycles. The van der Waals surface area contributed by atoms with Crippen molar-refractivity contribution in [1.29, 1.82) is 0 Å². The van der Waals surface area contributed by atoms with Crippen LogP contribution in [-0.2, 0) is 9.47 Å². The summed E-state index contributed by atoms with van der Waals surface area (Å²) in [5, 5.41) is 3.67. The van der Waals surface area contributed by atoms with Gasteiger partial charge in [-0.25, -0.2) is 18.7 Å². The van der Waals surface area contributed by atoms with E-state index in [-0.39, 0.29) is 29.9 Å². The second kappa shape index (κ2) is 7.53. The molecule has 29 heavy (non-hydrogen) atoms. The van der Waals surface area contributed by atoms with Gasteiger partial charge >= 0.3 is 0 Å². The number of nitrogens with zero attached hydrogens (tertiary/aromatic N) is 3. The summed E-state index contributed by atoms with van der Waals surface area (Å²) in [5.74, 6) is -0.0727. The second-order valence-electron chi connectivity index (χ2n) is 7.33. The van der Waals surface area contributed by atoms with Crippen molar-refractivity contribution in [1.82, 2.24) is 9.97 Å². The number of hydrogen-bond acceptors (Lipinski definition) is 6. The van der Waals surface area contributed by atoms with E-state index in [0.29, 0.717) is 48.7 Å². The number of rotatable bonds is 3. The molecular formula is C21H20F2N4O2. The Morgan fingerprint density at radius 2 is 1.72 bits per heavy atom. The topological polar surface area (TPSA) is 59.5 Å². The normalized spacial score (nSPS) is 22.5. The lowest BCUT2D eigenvalue weighted by Gasteiger charge is -2.21. The summed E-state index contributed by atoms with van der Waals surface area (Å²) < 4.78 is 40.0. The van der Waals surface area contributed by atoms with E-state index >= 15 is 0 Å². The summed E-state index contributed by atoms with van der Waals surface area (Å²) in [4.78, 5) is 10.5. The Labute approximate surface area is 166 Å². The van der Waals surface area contributed by atoms with Crippen LogP contribution in [0.25, 0.3) is 10.9 Å². The average molecular weight is 398 g/mol. The zero-order valence-corrected chi connectivity index (χ0v) is 15.6. The third-order valence-corrected chi connectivity index (χ3v) is 5.33. The lowest BCUT2D eigenvalue weighted by Crippen LogP contribution is -2.31. The standard InChI is InChI=1S/C21H20F2N4O2/c22-13-3-1-4-14(7-13)26-15-10-28-18-8-27(9-19(18)29-11-15)21-20-16(23)5-2-6-17(20)24-12-25-21/h1-7,12,15,18-19,26H,8-11H2/t18-,19-/m0/s1. The Kier molecular flexibility index (Phi) is 4.73. The number of anilines is 2. The second-order valence-corrected chi connectivity index (χ2v) is 7.33. The molecule has 0 radical (unpaired) electrons. The monoisotopic (exact) mass is 398 g/mol. The minimum absolute atomic E-state index is 0.0758. The van der Waals surface area contributed by atoms with Crippen LogP contribution in [-0.4, -0.2) is 54.5 Å². The Balaban J connectivity index is 1.29. The molecule has 0 amide bonds. The smallest absolute Gasteiger partial charge is 0.143 e. The molecule has 2 saturated heterocycles. The molecule has 1 aromatic heterocycles. The maximum absolute atomic E-state index is 14.4. The summed E-state index contributed by atoms with van der Waals surface area (Å²) in [7, 11) is 0. The Morgan fingerprint density at radius 1 is 0.966 bits per heavy atom.